The van der Waals surface area contributed by atoms with Gasteiger partial charge in [-0.2, -0.15) is 0 Å². The van der Waals surface area contributed by atoms with E-state index in [-0.39, 0.29) is 12.7 Å². The number of hydrogen-bond acceptors (Lipinski definition) is 3. The molecule has 0 aliphatic heterocycles. The van der Waals surface area contributed by atoms with Crippen molar-refractivity contribution in [3.63, 3.8) is 0 Å². The van der Waals surface area contributed by atoms with E-state index in [1.54, 1.807) is 6.92 Å². The molecule has 0 aromatic heterocycles. The van der Waals surface area contributed by atoms with E-state index in [1.807, 2.05) is 0 Å². The van der Waals surface area contributed by atoms with Crippen molar-refractivity contribution >= 4 is 0 Å². The predicted octanol–water partition coefficient (Wildman–Crippen LogP) is 0.898. The molecule has 0 aromatic rings. The van der Waals surface area contributed by atoms with Gasteiger partial charge in [-0.15, -0.1) is 0 Å². The summed E-state index contributed by atoms with van der Waals surface area (Å²) >= 11 is 0. The van der Waals surface area contributed by atoms with Crippen molar-refractivity contribution in [2.24, 2.45) is 0 Å². The summed E-state index contributed by atoms with van der Waals surface area (Å²) in [5.74, 6) is 0. The zero-order valence-electron chi connectivity index (χ0n) is 8.79. The van der Waals surface area contributed by atoms with Crippen molar-refractivity contribution in [2.45, 2.75) is 51.7 Å². The normalized spacial score (nSPS) is 15.7. The summed E-state index contributed by atoms with van der Waals surface area (Å²) in [5.41, 5.74) is 0. The lowest BCUT2D eigenvalue weighted by atomic mass is 10.1. The summed E-state index contributed by atoms with van der Waals surface area (Å²) < 4.78 is 0. The maximum Gasteiger partial charge on any atom is 0.0524 e. The molecule has 2 unspecified atom stereocenters. The Morgan fingerprint density at radius 3 is 2.46 bits per heavy atom. The average Bonchev–Trinajstić information content (AvgIpc) is 2.10. The Balaban J connectivity index is 3.36. The highest BCUT2D eigenvalue weighted by molar-refractivity contribution is 4.65. The molecule has 0 amide bonds. The van der Waals surface area contributed by atoms with Gasteiger partial charge in [0.2, 0.25) is 0 Å². The molecule has 0 heterocycles. The minimum absolute atomic E-state index is 0.220. The summed E-state index contributed by atoms with van der Waals surface area (Å²) in [6, 6.07) is 0.492. The SMILES string of the molecule is CCC(CCCO)NCCC(C)O. The van der Waals surface area contributed by atoms with E-state index < -0.39 is 0 Å². The minimum atomic E-state index is -0.220. The van der Waals surface area contributed by atoms with Crippen molar-refractivity contribution in [1.29, 1.82) is 0 Å². The van der Waals surface area contributed by atoms with E-state index in [1.165, 1.54) is 0 Å². The summed E-state index contributed by atoms with van der Waals surface area (Å²) in [5, 5.41) is 21.1. The van der Waals surface area contributed by atoms with Crippen LogP contribution in [0.1, 0.15) is 39.5 Å². The van der Waals surface area contributed by atoms with Crippen molar-refractivity contribution < 1.29 is 10.2 Å². The molecule has 0 saturated heterocycles. The fourth-order valence-corrected chi connectivity index (χ4v) is 1.28. The number of rotatable bonds is 8. The first-order valence-electron chi connectivity index (χ1n) is 5.23. The highest BCUT2D eigenvalue weighted by Gasteiger charge is 2.04. The van der Waals surface area contributed by atoms with Gasteiger partial charge in [-0.25, -0.2) is 0 Å². The van der Waals surface area contributed by atoms with Crippen LogP contribution in [-0.4, -0.2) is 35.5 Å². The van der Waals surface area contributed by atoms with E-state index in [4.69, 9.17) is 10.2 Å². The largest absolute Gasteiger partial charge is 0.396 e. The molecular formula is C10H23NO2. The van der Waals surface area contributed by atoms with Crippen LogP contribution < -0.4 is 5.32 Å². The summed E-state index contributed by atoms with van der Waals surface area (Å²) in [7, 11) is 0. The molecule has 0 spiro atoms. The lowest BCUT2D eigenvalue weighted by molar-refractivity contribution is 0.181. The van der Waals surface area contributed by atoms with Crippen LogP contribution in [0.5, 0.6) is 0 Å². The van der Waals surface area contributed by atoms with Gasteiger partial charge in [0.1, 0.15) is 0 Å². The number of nitrogens with one attached hydrogen (secondary N) is 1. The van der Waals surface area contributed by atoms with E-state index in [0.29, 0.717) is 6.04 Å². The lowest BCUT2D eigenvalue weighted by Gasteiger charge is -2.16. The van der Waals surface area contributed by atoms with Gasteiger partial charge in [0.05, 0.1) is 6.10 Å². The Bertz CT molecular complexity index is 107. The zero-order valence-corrected chi connectivity index (χ0v) is 8.79. The Morgan fingerprint density at radius 2 is 2.00 bits per heavy atom. The predicted molar refractivity (Wildman–Crippen MR) is 54.7 cm³/mol. The number of aliphatic hydroxyl groups excluding tert-OH is 2. The highest BCUT2D eigenvalue weighted by Crippen LogP contribution is 2.01. The van der Waals surface area contributed by atoms with Crippen LogP contribution in [0, 0.1) is 0 Å². The molecule has 0 fully saturated rings. The van der Waals surface area contributed by atoms with E-state index in [0.717, 1.165) is 32.2 Å². The van der Waals surface area contributed by atoms with Gasteiger partial charge >= 0.3 is 0 Å². The van der Waals surface area contributed by atoms with Gasteiger partial charge in [0.25, 0.3) is 0 Å². The van der Waals surface area contributed by atoms with Gasteiger partial charge in [0.15, 0.2) is 0 Å². The maximum atomic E-state index is 9.03. The van der Waals surface area contributed by atoms with E-state index in [9.17, 15) is 0 Å². The van der Waals surface area contributed by atoms with Crippen LogP contribution in [0.4, 0.5) is 0 Å². The van der Waals surface area contributed by atoms with Crippen LogP contribution in [0.25, 0.3) is 0 Å². The standard InChI is InChI=1S/C10H23NO2/c1-3-10(5-4-8-12)11-7-6-9(2)13/h9-13H,3-8H2,1-2H3. The van der Waals surface area contributed by atoms with Crippen LogP contribution in [0.2, 0.25) is 0 Å². The monoisotopic (exact) mass is 189 g/mol. The molecule has 3 heteroatoms. The topological polar surface area (TPSA) is 52.5 Å². The molecule has 80 valence electrons. The first-order valence-corrected chi connectivity index (χ1v) is 5.23. The molecule has 0 bridgehead atoms. The average molecular weight is 189 g/mol. The Kier molecular flexibility index (Phi) is 8.40. The second-order valence-electron chi connectivity index (χ2n) is 3.56. The molecular weight excluding hydrogens is 166 g/mol. The first kappa shape index (κ1) is 12.9. The first-order chi connectivity index (χ1) is 6.20. The van der Waals surface area contributed by atoms with Crippen molar-refractivity contribution in [1.82, 2.24) is 5.32 Å². The van der Waals surface area contributed by atoms with Crippen LogP contribution in [0.15, 0.2) is 0 Å². The third-order valence-corrected chi connectivity index (χ3v) is 2.20. The number of aliphatic hydroxyl groups is 2. The third kappa shape index (κ3) is 8.22. The second-order valence-corrected chi connectivity index (χ2v) is 3.56. The van der Waals surface area contributed by atoms with Crippen LogP contribution in [-0.2, 0) is 0 Å². The molecule has 0 aliphatic rings. The van der Waals surface area contributed by atoms with Crippen LogP contribution in [0.3, 0.4) is 0 Å². The fourth-order valence-electron chi connectivity index (χ4n) is 1.28. The molecule has 2 atom stereocenters. The van der Waals surface area contributed by atoms with E-state index >= 15 is 0 Å². The molecule has 0 aliphatic carbocycles. The summed E-state index contributed by atoms with van der Waals surface area (Å²) in [4.78, 5) is 0. The van der Waals surface area contributed by atoms with Gasteiger partial charge in [-0.1, -0.05) is 6.92 Å². The van der Waals surface area contributed by atoms with Crippen molar-refractivity contribution in [3.05, 3.63) is 0 Å². The minimum Gasteiger partial charge on any atom is -0.396 e. The maximum absolute atomic E-state index is 9.03. The van der Waals surface area contributed by atoms with Crippen LogP contribution >= 0.6 is 0 Å². The second kappa shape index (κ2) is 8.48. The highest BCUT2D eigenvalue weighted by atomic mass is 16.3. The Labute approximate surface area is 81.2 Å². The summed E-state index contributed by atoms with van der Waals surface area (Å²) in [6.45, 7) is 5.07. The third-order valence-electron chi connectivity index (χ3n) is 2.20. The van der Waals surface area contributed by atoms with Gasteiger partial charge in [-0.3, -0.25) is 0 Å². The van der Waals surface area contributed by atoms with Crippen molar-refractivity contribution in [2.75, 3.05) is 13.2 Å². The fraction of sp³-hybridized carbons (Fsp3) is 1.00. The molecule has 3 N–H and O–H groups in total. The molecule has 0 rings (SSSR count). The quantitative estimate of drug-likeness (QED) is 0.532. The lowest BCUT2D eigenvalue weighted by Crippen LogP contribution is -2.30. The summed E-state index contributed by atoms with van der Waals surface area (Å²) in [6.07, 6.45) is 3.55. The molecule has 13 heavy (non-hydrogen) atoms. The smallest absolute Gasteiger partial charge is 0.0524 e. The number of hydrogen-bond donors (Lipinski definition) is 3. The van der Waals surface area contributed by atoms with E-state index in [2.05, 4.69) is 12.2 Å². The van der Waals surface area contributed by atoms with Gasteiger partial charge in [-0.05, 0) is 39.2 Å². The molecule has 0 radical (unpaired) electrons. The van der Waals surface area contributed by atoms with Crippen molar-refractivity contribution in [3.8, 4) is 0 Å². The molecule has 0 aromatic carbocycles. The van der Waals surface area contributed by atoms with Gasteiger partial charge < -0.3 is 15.5 Å². The molecule has 0 saturated carbocycles. The zero-order chi connectivity index (χ0) is 10.1. The Hall–Kier alpha value is -0.120. The molecule has 3 nitrogen and oxygen atoms in total. The Morgan fingerprint density at radius 1 is 1.31 bits per heavy atom. The van der Waals surface area contributed by atoms with Gasteiger partial charge in [0, 0.05) is 12.6 Å².